The molecule has 154 valence electrons. The number of aryl methyl sites for hydroxylation is 1. The molecular weight excluding hydrogens is 364 g/mol. The first-order chi connectivity index (χ1) is 14.2. The molecule has 0 saturated carbocycles. The van der Waals surface area contributed by atoms with E-state index in [2.05, 4.69) is 22.4 Å². The summed E-state index contributed by atoms with van der Waals surface area (Å²) in [6.07, 6.45) is 7.41. The van der Waals surface area contributed by atoms with Crippen LogP contribution >= 0.6 is 0 Å². The molecule has 29 heavy (non-hydrogen) atoms. The number of hydrogen-bond acceptors (Lipinski definition) is 6. The predicted octanol–water partition coefficient (Wildman–Crippen LogP) is 3.92. The van der Waals surface area contributed by atoms with Gasteiger partial charge in [0.2, 0.25) is 0 Å². The van der Waals surface area contributed by atoms with Crippen molar-refractivity contribution in [3.63, 3.8) is 0 Å². The Morgan fingerprint density at radius 1 is 1.17 bits per heavy atom. The average Bonchev–Trinajstić information content (AvgIpc) is 2.77. The lowest BCUT2D eigenvalue weighted by molar-refractivity contribution is 0.221. The maximum Gasteiger partial charge on any atom is 0.162 e. The van der Waals surface area contributed by atoms with Crippen molar-refractivity contribution in [1.29, 1.82) is 5.26 Å². The Bertz CT molecular complexity index is 916. The zero-order valence-electron chi connectivity index (χ0n) is 17.5. The van der Waals surface area contributed by atoms with E-state index in [1.165, 1.54) is 29.8 Å². The number of nitrogens with zero attached hydrogens (tertiary/aromatic N) is 3. The fourth-order valence-corrected chi connectivity index (χ4v) is 4.70. The third kappa shape index (κ3) is 4.11. The van der Waals surface area contributed by atoms with Gasteiger partial charge in [-0.1, -0.05) is 0 Å². The molecule has 1 saturated heterocycles. The fraction of sp³-hybridized carbons (Fsp3) is 0.565. The minimum Gasteiger partial charge on any atom is -0.493 e. The van der Waals surface area contributed by atoms with E-state index in [-0.39, 0.29) is 0 Å². The second-order valence-electron chi connectivity index (χ2n) is 8.04. The second kappa shape index (κ2) is 8.87. The quantitative estimate of drug-likeness (QED) is 0.801. The zero-order chi connectivity index (χ0) is 20.2. The van der Waals surface area contributed by atoms with E-state index in [4.69, 9.17) is 19.7 Å². The Hall–Kier alpha value is -2.52. The van der Waals surface area contributed by atoms with Gasteiger partial charge in [-0.25, -0.2) is 0 Å². The maximum atomic E-state index is 8.92. The Balaban J connectivity index is 1.72. The summed E-state index contributed by atoms with van der Waals surface area (Å²) in [7, 11) is 3.34. The zero-order valence-corrected chi connectivity index (χ0v) is 17.5. The molecule has 1 aromatic carbocycles. The summed E-state index contributed by atoms with van der Waals surface area (Å²) in [6, 6.07) is 6.71. The Labute approximate surface area is 172 Å². The molecular formula is C23H30N4O2. The molecule has 1 N–H and O–H groups in total. The van der Waals surface area contributed by atoms with Crippen LogP contribution < -0.4 is 14.8 Å². The van der Waals surface area contributed by atoms with Crippen LogP contribution in [0.1, 0.15) is 43.4 Å². The van der Waals surface area contributed by atoms with Crippen LogP contribution in [0, 0.1) is 11.3 Å². The number of fused-ring (bicyclic) bond motifs is 2. The van der Waals surface area contributed by atoms with Gasteiger partial charge < -0.3 is 19.7 Å². The normalized spacial score (nSPS) is 19.4. The number of benzene rings is 1. The average molecular weight is 395 g/mol. The summed E-state index contributed by atoms with van der Waals surface area (Å²) in [5.74, 6) is 1.45. The van der Waals surface area contributed by atoms with Crippen LogP contribution in [0.15, 0.2) is 12.1 Å². The maximum absolute atomic E-state index is 8.92. The van der Waals surface area contributed by atoms with Gasteiger partial charge in [0.05, 0.1) is 25.8 Å². The van der Waals surface area contributed by atoms with Crippen molar-refractivity contribution in [3.8, 4) is 17.6 Å². The van der Waals surface area contributed by atoms with Gasteiger partial charge in [0.15, 0.2) is 11.5 Å². The van der Waals surface area contributed by atoms with Gasteiger partial charge in [0.25, 0.3) is 0 Å². The molecule has 6 heteroatoms. The molecule has 0 spiro atoms. The highest BCUT2D eigenvalue weighted by atomic mass is 16.5. The summed E-state index contributed by atoms with van der Waals surface area (Å²) < 4.78 is 11.1. The van der Waals surface area contributed by atoms with Crippen LogP contribution in [-0.2, 0) is 12.8 Å². The van der Waals surface area contributed by atoms with Crippen molar-refractivity contribution in [2.45, 2.75) is 51.0 Å². The highest BCUT2D eigenvalue weighted by Gasteiger charge is 2.24. The van der Waals surface area contributed by atoms with Crippen LogP contribution in [0.5, 0.6) is 11.5 Å². The lowest BCUT2D eigenvalue weighted by Gasteiger charge is -2.34. The molecule has 2 aliphatic rings. The lowest BCUT2D eigenvalue weighted by Crippen LogP contribution is -2.42. The van der Waals surface area contributed by atoms with E-state index in [0.717, 1.165) is 67.7 Å². The second-order valence-corrected chi connectivity index (χ2v) is 8.04. The molecule has 0 amide bonds. The molecule has 2 aromatic rings. The van der Waals surface area contributed by atoms with Crippen molar-refractivity contribution in [1.82, 2.24) is 9.88 Å². The number of nitriles is 1. The van der Waals surface area contributed by atoms with Crippen LogP contribution in [-0.4, -0.2) is 49.8 Å². The van der Waals surface area contributed by atoms with Gasteiger partial charge >= 0.3 is 0 Å². The Kier molecular flexibility index (Phi) is 6.05. The van der Waals surface area contributed by atoms with E-state index in [1.54, 1.807) is 14.2 Å². The predicted molar refractivity (Wildman–Crippen MR) is 115 cm³/mol. The van der Waals surface area contributed by atoms with Gasteiger partial charge in [0.1, 0.15) is 0 Å². The third-order valence-electron chi connectivity index (χ3n) is 6.16. The lowest BCUT2D eigenvalue weighted by atomic mass is 9.92. The van der Waals surface area contributed by atoms with Crippen molar-refractivity contribution in [2.75, 3.05) is 39.2 Å². The van der Waals surface area contributed by atoms with Crippen molar-refractivity contribution < 1.29 is 9.47 Å². The van der Waals surface area contributed by atoms with Crippen LogP contribution in [0.2, 0.25) is 0 Å². The van der Waals surface area contributed by atoms with E-state index in [0.29, 0.717) is 12.5 Å². The SMILES string of the molecule is COc1cc2nc3c(c(N[C@@H]4CCCN(CCC#N)C4)c2cc1OC)CCCC3. The van der Waals surface area contributed by atoms with Crippen LogP contribution in [0.25, 0.3) is 10.9 Å². The minimum atomic E-state index is 0.382. The molecule has 4 rings (SSSR count). The van der Waals surface area contributed by atoms with E-state index >= 15 is 0 Å². The van der Waals surface area contributed by atoms with Crippen molar-refractivity contribution >= 4 is 16.6 Å². The molecule has 0 unspecified atom stereocenters. The fourth-order valence-electron chi connectivity index (χ4n) is 4.70. The molecule has 0 radical (unpaired) electrons. The first-order valence-electron chi connectivity index (χ1n) is 10.7. The third-order valence-corrected chi connectivity index (χ3v) is 6.16. The van der Waals surface area contributed by atoms with Crippen molar-refractivity contribution in [3.05, 3.63) is 23.4 Å². The summed E-state index contributed by atoms with van der Waals surface area (Å²) in [4.78, 5) is 7.39. The Morgan fingerprint density at radius 2 is 1.97 bits per heavy atom. The molecule has 1 aliphatic heterocycles. The number of hydrogen-bond donors (Lipinski definition) is 1. The number of likely N-dealkylation sites (tertiary alicyclic amines) is 1. The Morgan fingerprint density at radius 3 is 2.76 bits per heavy atom. The number of methoxy groups -OCH3 is 2. The first-order valence-corrected chi connectivity index (χ1v) is 10.7. The number of rotatable bonds is 6. The van der Waals surface area contributed by atoms with Crippen LogP contribution in [0.3, 0.4) is 0 Å². The van der Waals surface area contributed by atoms with Gasteiger partial charge in [-0.15, -0.1) is 0 Å². The molecule has 1 atom stereocenters. The molecule has 1 aliphatic carbocycles. The van der Waals surface area contributed by atoms with Crippen LogP contribution in [0.4, 0.5) is 5.69 Å². The van der Waals surface area contributed by atoms with Gasteiger partial charge in [0, 0.05) is 48.4 Å². The summed E-state index contributed by atoms with van der Waals surface area (Å²) >= 11 is 0. The minimum absolute atomic E-state index is 0.382. The van der Waals surface area contributed by atoms with E-state index in [9.17, 15) is 0 Å². The first kappa shape index (κ1) is 19.8. The number of ether oxygens (including phenoxy) is 2. The topological polar surface area (TPSA) is 70.4 Å². The number of anilines is 1. The smallest absolute Gasteiger partial charge is 0.162 e. The largest absolute Gasteiger partial charge is 0.493 e. The van der Waals surface area contributed by atoms with Gasteiger partial charge in [-0.2, -0.15) is 5.26 Å². The number of piperidine rings is 1. The summed E-state index contributed by atoms with van der Waals surface area (Å²) in [5, 5.41) is 13.9. The van der Waals surface area contributed by atoms with E-state index in [1.807, 2.05) is 6.07 Å². The number of pyridine rings is 1. The number of aromatic nitrogens is 1. The monoisotopic (exact) mass is 394 g/mol. The molecule has 1 aromatic heterocycles. The molecule has 2 heterocycles. The molecule has 1 fully saturated rings. The number of nitrogens with one attached hydrogen (secondary N) is 1. The summed E-state index contributed by atoms with van der Waals surface area (Å²) in [6.45, 7) is 2.92. The highest BCUT2D eigenvalue weighted by molar-refractivity contribution is 5.96. The van der Waals surface area contributed by atoms with Crippen molar-refractivity contribution in [2.24, 2.45) is 0 Å². The molecule has 6 nitrogen and oxygen atoms in total. The van der Waals surface area contributed by atoms with E-state index < -0.39 is 0 Å². The standard InChI is InChI=1S/C23H30N4O2/c1-28-21-13-18-20(14-22(21)29-2)26-19-9-4-3-8-17(19)23(18)25-16-7-5-11-27(15-16)12-6-10-24/h13-14,16H,3-9,11-12,15H2,1-2H3,(H,25,26)/t16-/m1/s1. The highest BCUT2D eigenvalue weighted by Crippen LogP contribution is 2.39. The van der Waals surface area contributed by atoms with Gasteiger partial charge in [-0.05, 0) is 56.7 Å². The molecule has 0 bridgehead atoms. The summed E-state index contributed by atoms with van der Waals surface area (Å²) in [5.41, 5.74) is 4.77. The van der Waals surface area contributed by atoms with Gasteiger partial charge in [-0.3, -0.25) is 4.98 Å².